The van der Waals surface area contributed by atoms with Gasteiger partial charge in [-0.3, -0.25) is 14.6 Å². The molecule has 0 radical (unpaired) electrons. The second kappa shape index (κ2) is 11.6. The van der Waals surface area contributed by atoms with Crippen molar-refractivity contribution in [3.05, 3.63) is 83.8 Å². The second-order valence-corrected chi connectivity index (χ2v) is 7.31. The molecule has 1 N–H and O–H groups in total. The molecule has 1 aromatic heterocycles. The Hall–Kier alpha value is -3.74. The van der Waals surface area contributed by atoms with Gasteiger partial charge in [-0.25, -0.2) is 4.98 Å². The summed E-state index contributed by atoms with van der Waals surface area (Å²) in [5, 5.41) is 3.18. The summed E-state index contributed by atoms with van der Waals surface area (Å²) in [6.07, 6.45) is 3.39. The van der Waals surface area contributed by atoms with Gasteiger partial charge in [-0.2, -0.15) is 0 Å². The maximum atomic E-state index is 12.6. The minimum atomic E-state index is -0.716. The van der Waals surface area contributed by atoms with Gasteiger partial charge in [-0.05, 0) is 38.0 Å². The van der Waals surface area contributed by atoms with Gasteiger partial charge in [-0.1, -0.05) is 48.0 Å². The first kappa shape index (κ1) is 22.9. The molecule has 0 saturated carbocycles. The van der Waals surface area contributed by atoms with Crippen LogP contribution in [-0.4, -0.2) is 28.5 Å². The van der Waals surface area contributed by atoms with Gasteiger partial charge in [-0.15, -0.1) is 0 Å². The Morgan fingerprint density at radius 2 is 1.75 bits per heavy atom. The number of nitrogens with zero attached hydrogens (tertiary/aromatic N) is 2. The number of anilines is 2. The number of carbonyl (C=O) groups is 2. The molecular formula is C25H27N3O4. The molecule has 0 bridgehead atoms. The van der Waals surface area contributed by atoms with Gasteiger partial charge in [0.1, 0.15) is 18.3 Å². The van der Waals surface area contributed by atoms with Crippen LogP contribution in [0.2, 0.25) is 0 Å². The molecule has 2 aromatic carbocycles. The van der Waals surface area contributed by atoms with Gasteiger partial charge in [0, 0.05) is 18.3 Å². The van der Waals surface area contributed by atoms with Crippen LogP contribution in [0.4, 0.5) is 11.5 Å². The maximum Gasteiger partial charge on any atom is 0.315 e. The summed E-state index contributed by atoms with van der Waals surface area (Å²) in [6.45, 7) is 4.19. The molecule has 1 heterocycles. The van der Waals surface area contributed by atoms with E-state index in [4.69, 9.17) is 9.47 Å². The standard InChI is InChI=1S/C25H27N3O4/c1-3-31-25(30)21(13-14-24(29)32-17-19-7-5-4-6-8-19)22-15-26-16-23(28-22)27-20-11-9-18(2)10-12-20/h4-12,15-16,21H,3,13-14,17H2,1-2H3,(H,27,28). The van der Waals surface area contributed by atoms with E-state index in [1.165, 1.54) is 6.20 Å². The van der Waals surface area contributed by atoms with Crippen molar-refractivity contribution in [2.75, 3.05) is 11.9 Å². The maximum absolute atomic E-state index is 12.6. The van der Waals surface area contributed by atoms with E-state index in [9.17, 15) is 9.59 Å². The van der Waals surface area contributed by atoms with Crippen LogP contribution in [0.1, 0.15) is 42.5 Å². The lowest BCUT2D eigenvalue weighted by atomic mass is 10.00. The summed E-state index contributed by atoms with van der Waals surface area (Å²) < 4.78 is 10.5. The zero-order valence-electron chi connectivity index (χ0n) is 18.3. The molecule has 1 atom stereocenters. The number of hydrogen-bond donors (Lipinski definition) is 1. The van der Waals surface area contributed by atoms with E-state index in [1.807, 2.05) is 61.5 Å². The van der Waals surface area contributed by atoms with Crippen LogP contribution in [0.25, 0.3) is 0 Å². The summed E-state index contributed by atoms with van der Waals surface area (Å²) in [4.78, 5) is 33.6. The third-order valence-electron chi connectivity index (χ3n) is 4.79. The molecule has 166 valence electrons. The largest absolute Gasteiger partial charge is 0.465 e. The van der Waals surface area contributed by atoms with Crippen LogP contribution < -0.4 is 5.32 Å². The molecule has 3 rings (SSSR count). The molecule has 7 nitrogen and oxygen atoms in total. The summed E-state index contributed by atoms with van der Waals surface area (Å²) in [5.41, 5.74) is 3.36. The highest BCUT2D eigenvalue weighted by Crippen LogP contribution is 2.24. The first-order chi connectivity index (χ1) is 15.5. The van der Waals surface area contributed by atoms with E-state index in [0.29, 0.717) is 11.5 Å². The first-order valence-electron chi connectivity index (χ1n) is 10.6. The molecule has 7 heteroatoms. The molecule has 32 heavy (non-hydrogen) atoms. The fraction of sp³-hybridized carbons (Fsp3) is 0.280. The van der Waals surface area contributed by atoms with Gasteiger partial charge in [0.2, 0.25) is 0 Å². The Labute approximate surface area is 187 Å². The third kappa shape index (κ3) is 6.91. The van der Waals surface area contributed by atoms with Crippen molar-refractivity contribution < 1.29 is 19.1 Å². The highest BCUT2D eigenvalue weighted by molar-refractivity contribution is 5.79. The summed E-state index contributed by atoms with van der Waals surface area (Å²) >= 11 is 0. The number of benzene rings is 2. The van der Waals surface area contributed by atoms with Gasteiger partial charge in [0.15, 0.2) is 0 Å². The average Bonchev–Trinajstić information content (AvgIpc) is 2.80. The molecule has 0 aliphatic carbocycles. The van der Waals surface area contributed by atoms with Crippen molar-refractivity contribution in [3.8, 4) is 0 Å². The van der Waals surface area contributed by atoms with Crippen LogP contribution in [0.5, 0.6) is 0 Å². The molecule has 3 aromatic rings. The van der Waals surface area contributed by atoms with Gasteiger partial charge >= 0.3 is 11.9 Å². The van der Waals surface area contributed by atoms with Crippen molar-refractivity contribution in [2.24, 2.45) is 0 Å². The predicted molar refractivity (Wildman–Crippen MR) is 121 cm³/mol. The normalized spacial score (nSPS) is 11.4. The van der Waals surface area contributed by atoms with Crippen LogP contribution in [0, 0.1) is 6.92 Å². The Kier molecular flexibility index (Phi) is 8.31. The second-order valence-electron chi connectivity index (χ2n) is 7.31. The minimum absolute atomic E-state index is 0.0631. The fourth-order valence-corrected chi connectivity index (χ4v) is 3.10. The Morgan fingerprint density at radius 1 is 1.00 bits per heavy atom. The Balaban J connectivity index is 1.66. The first-order valence-corrected chi connectivity index (χ1v) is 10.6. The monoisotopic (exact) mass is 433 g/mol. The summed E-state index contributed by atoms with van der Waals surface area (Å²) in [7, 11) is 0. The highest BCUT2D eigenvalue weighted by Gasteiger charge is 2.25. The number of aromatic nitrogens is 2. The highest BCUT2D eigenvalue weighted by atomic mass is 16.5. The van der Waals surface area contributed by atoms with Crippen molar-refractivity contribution >= 4 is 23.4 Å². The number of nitrogens with one attached hydrogen (secondary N) is 1. The van der Waals surface area contributed by atoms with Crippen molar-refractivity contribution in [3.63, 3.8) is 0 Å². The lowest BCUT2D eigenvalue weighted by Crippen LogP contribution is -2.19. The van der Waals surface area contributed by atoms with E-state index in [0.717, 1.165) is 16.8 Å². The fourth-order valence-electron chi connectivity index (χ4n) is 3.10. The number of hydrogen-bond acceptors (Lipinski definition) is 7. The molecule has 0 amide bonds. The van der Waals surface area contributed by atoms with Crippen LogP contribution in [-0.2, 0) is 25.7 Å². The lowest BCUT2D eigenvalue weighted by Gasteiger charge is -2.16. The molecule has 0 aliphatic heterocycles. The van der Waals surface area contributed by atoms with E-state index in [1.54, 1.807) is 13.1 Å². The molecule has 1 unspecified atom stereocenters. The SMILES string of the molecule is CCOC(=O)C(CCC(=O)OCc1ccccc1)c1cncc(Nc2ccc(C)cc2)n1. The molecule has 0 saturated heterocycles. The average molecular weight is 434 g/mol. The smallest absolute Gasteiger partial charge is 0.315 e. The zero-order valence-corrected chi connectivity index (χ0v) is 18.3. The molecule has 0 aliphatic rings. The van der Waals surface area contributed by atoms with Crippen LogP contribution in [0.15, 0.2) is 67.0 Å². The van der Waals surface area contributed by atoms with Crippen molar-refractivity contribution in [1.29, 1.82) is 0 Å². The van der Waals surface area contributed by atoms with E-state index < -0.39 is 11.9 Å². The Morgan fingerprint density at radius 3 is 2.47 bits per heavy atom. The lowest BCUT2D eigenvalue weighted by molar-refractivity contribution is -0.147. The van der Waals surface area contributed by atoms with E-state index >= 15 is 0 Å². The third-order valence-corrected chi connectivity index (χ3v) is 4.79. The number of carbonyl (C=O) groups excluding carboxylic acids is 2. The van der Waals surface area contributed by atoms with Gasteiger partial charge < -0.3 is 14.8 Å². The van der Waals surface area contributed by atoms with E-state index in [2.05, 4.69) is 15.3 Å². The minimum Gasteiger partial charge on any atom is -0.465 e. The number of rotatable bonds is 10. The number of ether oxygens (including phenoxy) is 2. The molecule has 0 fully saturated rings. The topological polar surface area (TPSA) is 90.4 Å². The van der Waals surface area contributed by atoms with Crippen LogP contribution in [0.3, 0.4) is 0 Å². The number of esters is 2. The molecule has 0 spiro atoms. The van der Waals surface area contributed by atoms with Gasteiger partial charge in [0.05, 0.1) is 18.5 Å². The van der Waals surface area contributed by atoms with E-state index in [-0.39, 0.29) is 32.0 Å². The van der Waals surface area contributed by atoms with Crippen molar-refractivity contribution in [1.82, 2.24) is 9.97 Å². The predicted octanol–water partition coefficient (Wildman–Crippen LogP) is 4.70. The summed E-state index contributed by atoms with van der Waals surface area (Å²) in [5.74, 6) is -1.03. The quantitative estimate of drug-likeness (QED) is 0.464. The number of aryl methyl sites for hydroxylation is 1. The van der Waals surface area contributed by atoms with Crippen LogP contribution >= 0.6 is 0 Å². The Bertz CT molecular complexity index is 1020. The molecular weight excluding hydrogens is 406 g/mol. The summed E-state index contributed by atoms with van der Waals surface area (Å²) in [6, 6.07) is 17.3. The van der Waals surface area contributed by atoms with Gasteiger partial charge in [0.25, 0.3) is 0 Å². The zero-order chi connectivity index (χ0) is 22.8. The van der Waals surface area contributed by atoms with Crippen molar-refractivity contribution in [2.45, 2.75) is 39.2 Å².